The number of carbonyl (C=O) groups excluding carboxylic acids is 1. The van der Waals surface area contributed by atoms with Crippen LogP contribution in [-0.2, 0) is 11.8 Å². The van der Waals surface area contributed by atoms with Crippen LogP contribution in [0.1, 0.15) is 27.2 Å². The molecule has 2 heterocycles. The summed E-state index contributed by atoms with van der Waals surface area (Å²) in [5.41, 5.74) is 0.689. The maximum Gasteiger partial charge on any atom is 0.407 e. The molecule has 0 aliphatic carbocycles. The number of nitrogens with zero attached hydrogens (tertiary/aromatic N) is 3. The van der Waals surface area contributed by atoms with E-state index >= 15 is 0 Å². The van der Waals surface area contributed by atoms with Gasteiger partial charge in [-0.15, -0.1) is 0 Å². The molecule has 1 amide bonds. The third kappa shape index (κ3) is 5.26. The first-order valence-electron chi connectivity index (χ1n) is 7.93. The summed E-state index contributed by atoms with van der Waals surface area (Å²) in [6.45, 7) is 8.70. The molecule has 23 heavy (non-hydrogen) atoms. The van der Waals surface area contributed by atoms with Gasteiger partial charge in [-0.2, -0.15) is 5.10 Å². The van der Waals surface area contributed by atoms with Crippen molar-refractivity contribution < 1.29 is 9.53 Å². The molecule has 1 unspecified atom stereocenters. The van der Waals surface area contributed by atoms with E-state index in [1.807, 2.05) is 20.8 Å². The SMILES string of the molecule is Cn1ncc(N2CCC(CNC(=O)OCC(C)(C)C)C2)cc1=O. The van der Waals surface area contributed by atoms with E-state index in [0.29, 0.717) is 19.1 Å². The lowest BCUT2D eigenvalue weighted by molar-refractivity contribution is 0.105. The van der Waals surface area contributed by atoms with Crippen molar-refractivity contribution in [1.29, 1.82) is 0 Å². The molecule has 1 aliphatic rings. The van der Waals surface area contributed by atoms with Gasteiger partial charge in [0.15, 0.2) is 0 Å². The Morgan fingerprint density at radius 1 is 1.48 bits per heavy atom. The first-order chi connectivity index (χ1) is 10.7. The van der Waals surface area contributed by atoms with Crippen LogP contribution in [0.3, 0.4) is 0 Å². The molecule has 0 saturated carbocycles. The molecule has 7 heteroatoms. The van der Waals surface area contributed by atoms with Crippen molar-refractivity contribution in [2.24, 2.45) is 18.4 Å². The third-order valence-electron chi connectivity index (χ3n) is 3.78. The summed E-state index contributed by atoms with van der Waals surface area (Å²) in [4.78, 5) is 25.5. The predicted octanol–water partition coefficient (Wildman–Crippen LogP) is 1.38. The van der Waals surface area contributed by atoms with Crippen LogP contribution in [0.4, 0.5) is 10.5 Å². The van der Waals surface area contributed by atoms with Gasteiger partial charge in [0.2, 0.25) is 0 Å². The van der Waals surface area contributed by atoms with Gasteiger partial charge >= 0.3 is 6.09 Å². The number of hydrogen-bond donors (Lipinski definition) is 1. The summed E-state index contributed by atoms with van der Waals surface area (Å²) in [7, 11) is 1.63. The van der Waals surface area contributed by atoms with Crippen molar-refractivity contribution in [3.05, 3.63) is 22.6 Å². The van der Waals surface area contributed by atoms with Crippen molar-refractivity contribution in [2.45, 2.75) is 27.2 Å². The van der Waals surface area contributed by atoms with E-state index in [9.17, 15) is 9.59 Å². The monoisotopic (exact) mass is 322 g/mol. The molecular weight excluding hydrogens is 296 g/mol. The largest absolute Gasteiger partial charge is 0.449 e. The Kier molecular flexibility index (Phi) is 5.28. The maximum atomic E-state index is 11.7. The summed E-state index contributed by atoms with van der Waals surface area (Å²) in [6, 6.07) is 1.60. The molecule has 1 aromatic heterocycles. The van der Waals surface area contributed by atoms with E-state index < -0.39 is 0 Å². The maximum absolute atomic E-state index is 11.7. The van der Waals surface area contributed by atoms with Gasteiger partial charge in [0.05, 0.1) is 18.5 Å². The number of aryl methyl sites for hydroxylation is 1. The normalized spacial score (nSPS) is 18.1. The van der Waals surface area contributed by atoms with Crippen LogP contribution in [0.5, 0.6) is 0 Å². The predicted molar refractivity (Wildman–Crippen MR) is 88.6 cm³/mol. The van der Waals surface area contributed by atoms with Crippen LogP contribution in [0, 0.1) is 11.3 Å². The molecule has 0 radical (unpaired) electrons. The van der Waals surface area contributed by atoms with E-state index in [4.69, 9.17) is 4.74 Å². The number of alkyl carbamates (subject to hydrolysis) is 1. The Morgan fingerprint density at radius 3 is 2.87 bits per heavy atom. The smallest absolute Gasteiger partial charge is 0.407 e. The van der Waals surface area contributed by atoms with Gasteiger partial charge in [-0.05, 0) is 17.8 Å². The Balaban J connectivity index is 1.78. The molecule has 1 aromatic rings. The Morgan fingerprint density at radius 2 is 2.22 bits per heavy atom. The summed E-state index contributed by atoms with van der Waals surface area (Å²) in [6.07, 6.45) is 2.30. The van der Waals surface area contributed by atoms with E-state index in [1.165, 1.54) is 4.68 Å². The van der Waals surface area contributed by atoms with Crippen molar-refractivity contribution >= 4 is 11.8 Å². The van der Waals surface area contributed by atoms with Crippen molar-refractivity contribution in [3.63, 3.8) is 0 Å². The molecule has 7 nitrogen and oxygen atoms in total. The highest BCUT2D eigenvalue weighted by Crippen LogP contribution is 2.21. The van der Waals surface area contributed by atoms with Gasteiger partial charge < -0.3 is 15.0 Å². The number of aromatic nitrogens is 2. The molecule has 2 rings (SSSR count). The minimum Gasteiger partial charge on any atom is -0.449 e. The average molecular weight is 322 g/mol. The van der Waals surface area contributed by atoms with Crippen LogP contribution in [0.2, 0.25) is 0 Å². The molecular formula is C16H26N4O3. The second-order valence-electron chi connectivity index (χ2n) is 7.29. The van der Waals surface area contributed by atoms with Crippen molar-refractivity contribution in [3.8, 4) is 0 Å². The minimum atomic E-state index is -0.367. The fourth-order valence-electron chi connectivity index (χ4n) is 2.43. The highest BCUT2D eigenvalue weighted by molar-refractivity contribution is 5.67. The fourth-order valence-corrected chi connectivity index (χ4v) is 2.43. The van der Waals surface area contributed by atoms with Gasteiger partial charge in [0, 0.05) is 32.7 Å². The molecule has 1 N–H and O–H groups in total. The second-order valence-corrected chi connectivity index (χ2v) is 7.29. The van der Waals surface area contributed by atoms with Crippen LogP contribution in [-0.4, -0.2) is 42.1 Å². The number of rotatable bonds is 4. The summed E-state index contributed by atoms with van der Waals surface area (Å²) >= 11 is 0. The van der Waals surface area contributed by atoms with Crippen LogP contribution in [0.15, 0.2) is 17.1 Å². The number of carbonyl (C=O) groups is 1. The van der Waals surface area contributed by atoms with Gasteiger partial charge in [0.25, 0.3) is 5.56 Å². The molecule has 0 bridgehead atoms. The number of nitrogens with one attached hydrogen (secondary N) is 1. The average Bonchev–Trinajstić information content (AvgIpc) is 2.94. The van der Waals surface area contributed by atoms with Crippen molar-refractivity contribution in [2.75, 3.05) is 31.1 Å². The minimum absolute atomic E-state index is 0.0337. The summed E-state index contributed by atoms with van der Waals surface area (Å²) in [5.74, 6) is 0.348. The quantitative estimate of drug-likeness (QED) is 0.906. The molecule has 128 valence electrons. The van der Waals surface area contributed by atoms with Crippen LogP contribution in [0.25, 0.3) is 0 Å². The van der Waals surface area contributed by atoms with Gasteiger partial charge in [-0.3, -0.25) is 4.79 Å². The second kappa shape index (κ2) is 7.02. The molecule has 1 aliphatic heterocycles. The van der Waals surface area contributed by atoms with Crippen molar-refractivity contribution in [1.82, 2.24) is 15.1 Å². The van der Waals surface area contributed by atoms with Gasteiger partial charge in [-0.1, -0.05) is 20.8 Å². The highest BCUT2D eigenvalue weighted by atomic mass is 16.5. The van der Waals surface area contributed by atoms with E-state index in [-0.39, 0.29) is 17.1 Å². The fraction of sp³-hybridized carbons (Fsp3) is 0.688. The number of amides is 1. The molecule has 1 saturated heterocycles. The zero-order valence-electron chi connectivity index (χ0n) is 14.3. The third-order valence-corrected chi connectivity index (χ3v) is 3.78. The number of ether oxygens (including phenoxy) is 1. The zero-order chi connectivity index (χ0) is 17.0. The lowest BCUT2D eigenvalue weighted by atomic mass is 9.99. The molecule has 1 atom stereocenters. The number of hydrogen-bond acceptors (Lipinski definition) is 5. The number of anilines is 1. The summed E-state index contributed by atoms with van der Waals surface area (Å²) < 4.78 is 6.50. The standard InChI is InChI=1S/C16H26N4O3/c1-16(2,3)11-23-15(22)17-8-12-5-6-20(10-12)13-7-14(21)19(4)18-9-13/h7,9,12H,5-6,8,10-11H2,1-4H3,(H,17,22). The van der Waals surface area contributed by atoms with E-state index in [2.05, 4.69) is 15.3 Å². The first-order valence-corrected chi connectivity index (χ1v) is 7.93. The molecule has 0 spiro atoms. The van der Waals surface area contributed by atoms with Crippen LogP contribution >= 0.6 is 0 Å². The Bertz CT molecular complexity index is 606. The first kappa shape index (κ1) is 17.3. The Hall–Kier alpha value is -2.05. The lowest BCUT2D eigenvalue weighted by Crippen LogP contribution is -2.33. The van der Waals surface area contributed by atoms with Gasteiger partial charge in [-0.25, -0.2) is 9.48 Å². The molecule has 1 fully saturated rings. The highest BCUT2D eigenvalue weighted by Gasteiger charge is 2.24. The molecule has 0 aromatic carbocycles. The zero-order valence-corrected chi connectivity index (χ0v) is 14.3. The topological polar surface area (TPSA) is 76.5 Å². The van der Waals surface area contributed by atoms with E-state index in [1.54, 1.807) is 19.3 Å². The van der Waals surface area contributed by atoms with Crippen LogP contribution < -0.4 is 15.8 Å². The summed E-state index contributed by atoms with van der Waals surface area (Å²) in [5, 5.41) is 6.86. The van der Waals surface area contributed by atoms with Gasteiger partial charge in [0.1, 0.15) is 0 Å². The Labute approximate surface area is 136 Å². The van der Waals surface area contributed by atoms with E-state index in [0.717, 1.165) is 25.2 Å². The lowest BCUT2D eigenvalue weighted by Gasteiger charge is -2.19.